The third-order valence-corrected chi connectivity index (χ3v) is 4.13. The average molecular weight is 348 g/mol. The first-order valence-corrected chi connectivity index (χ1v) is 8.60. The van der Waals surface area contributed by atoms with Gasteiger partial charge in [0, 0.05) is 32.1 Å². The highest BCUT2D eigenvalue weighted by molar-refractivity contribution is 6.01. The molecule has 2 atom stereocenters. The van der Waals surface area contributed by atoms with E-state index < -0.39 is 0 Å². The van der Waals surface area contributed by atoms with Gasteiger partial charge in [0.15, 0.2) is 5.75 Å². The van der Waals surface area contributed by atoms with Crippen molar-refractivity contribution in [2.24, 2.45) is 5.92 Å². The van der Waals surface area contributed by atoms with Crippen molar-refractivity contribution in [3.63, 3.8) is 0 Å². The minimum atomic E-state index is -0.326. The maximum Gasteiger partial charge on any atom is 0.319 e. The number of rotatable bonds is 4. The molecule has 1 aromatic rings. The van der Waals surface area contributed by atoms with Crippen LogP contribution in [0.15, 0.2) is 18.2 Å². The molecule has 0 aromatic heterocycles. The number of nitrogens with zero attached hydrogens (tertiary/aromatic N) is 1. The summed E-state index contributed by atoms with van der Waals surface area (Å²) in [7, 11) is 3.65. The molecule has 0 fully saturated rings. The molecule has 3 N–H and O–H groups in total. The fourth-order valence-corrected chi connectivity index (χ4v) is 2.90. The van der Waals surface area contributed by atoms with Crippen LogP contribution in [0, 0.1) is 5.92 Å². The molecule has 1 heterocycles. The van der Waals surface area contributed by atoms with E-state index in [4.69, 9.17) is 4.74 Å². The largest absolute Gasteiger partial charge is 0.486 e. The van der Waals surface area contributed by atoms with Crippen LogP contribution in [0.5, 0.6) is 5.75 Å². The van der Waals surface area contributed by atoms with Crippen molar-refractivity contribution in [3.8, 4) is 5.75 Å². The van der Waals surface area contributed by atoms with Crippen molar-refractivity contribution < 1.29 is 14.3 Å². The molecule has 2 rings (SSSR count). The van der Waals surface area contributed by atoms with Crippen LogP contribution in [-0.2, 0) is 0 Å². The Morgan fingerprint density at radius 1 is 1.40 bits per heavy atom. The van der Waals surface area contributed by atoms with Gasteiger partial charge in [0.1, 0.15) is 6.10 Å². The summed E-state index contributed by atoms with van der Waals surface area (Å²) in [5, 5.41) is 8.71. The van der Waals surface area contributed by atoms with Gasteiger partial charge in [-0.25, -0.2) is 4.79 Å². The van der Waals surface area contributed by atoms with Crippen LogP contribution in [0.3, 0.4) is 0 Å². The molecule has 1 aromatic carbocycles. The van der Waals surface area contributed by atoms with E-state index in [2.05, 4.69) is 22.9 Å². The molecule has 0 saturated carbocycles. The molecule has 0 bridgehead atoms. The quantitative estimate of drug-likeness (QED) is 0.776. The van der Waals surface area contributed by atoms with Crippen LogP contribution in [0.25, 0.3) is 0 Å². The fourth-order valence-electron chi connectivity index (χ4n) is 2.90. The van der Waals surface area contributed by atoms with Gasteiger partial charge in [0.05, 0.1) is 11.3 Å². The molecule has 0 saturated heterocycles. The Labute approximate surface area is 149 Å². The molecule has 0 spiro atoms. The van der Waals surface area contributed by atoms with Crippen LogP contribution in [0.4, 0.5) is 10.5 Å². The molecule has 7 heteroatoms. The van der Waals surface area contributed by atoms with Gasteiger partial charge >= 0.3 is 6.03 Å². The van der Waals surface area contributed by atoms with Crippen molar-refractivity contribution in [1.29, 1.82) is 0 Å². The van der Waals surface area contributed by atoms with Crippen LogP contribution < -0.4 is 20.7 Å². The second-order valence-electron chi connectivity index (χ2n) is 6.81. The van der Waals surface area contributed by atoms with Gasteiger partial charge in [-0.15, -0.1) is 0 Å². The van der Waals surface area contributed by atoms with Crippen molar-refractivity contribution in [3.05, 3.63) is 23.8 Å². The topological polar surface area (TPSA) is 82.7 Å². The maximum atomic E-state index is 12.7. The average Bonchev–Trinajstić information content (AvgIpc) is 2.53. The number of nitrogens with one attached hydrogen (secondary N) is 3. The number of ether oxygens (including phenoxy) is 1. The normalized spacial score (nSPS) is 20.4. The Balaban J connectivity index is 2.40. The summed E-state index contributed by atoms with van der Waals surface area (Å²) in [5.41, 5.74) is 0.949. The minimum absolute atomic E-state index is 0.0104. The highest BCUT2D eigenvalue weighted by Crippen LogP contribution is 2.33. The van der Waals surface area contributed by atoms with E-state index in [0.717, 1.165) is 0 Å². The van der Waals surface area contributed by atoms with E-state index in [1.807, 2.05) is 20.9 Å². The van der Waals surface area contributed by atoms with Gasteiger partial charge in [-0.3, -0.25) is 4.79 Å². The zero-order chi connectivity index (χ0) is 18.6. The first-order chi connectivity index (χ1) is 11.8. The predicted octanol–water partition coefficient (Wildman–Crippen LogP) is 1.90. The SMILES string of the molecule is CNC[C@@H]1Oc2c(NC(=O)NC(C)C)cccc2C(=O)N(C)C[C@@H]1C. The highest BCUT2D eigenvalue weighted by Gasteiger charge is 2.30. The number of anilines is 1. The molecule has 1 aliphatic rings. The summed E-state index contributed by atoms with van der Waals surface area (Å²) < 4.78 is 6.19. The van der Waals surface area contributed by atoms with E-state index in [1.165, 1.54) is 0 Å². The van der Waals surface area contributed by atoms with Crippen molar-refractivity contribution in [2.75, 3.05) is 32.5 Å². The van der Waals surface area contributed by atoms with Gasteiger partial charge < -0.3 is 25.6 Å². The van der Waals surface area contributed by atoms with E-state index >= 15 is 0 Å². The van der Waals surface area contributed by atoms with Crippen molar-refractivity contribution in [1.82, 2.24) is 15.5 Å². The Morgan fingerprint density at radius 2 is 2.12 bits per heavy atom. The summed E-state index contributed by atoms with van der Waals surface area (Å²) in [6.07, 6.45) is -0.115. The number of hydrogen-bond donors (Lipinski definition) is 3. The van der Waals surface area contributed by atoms with E-state index in [0.29, 0.717) is 30.1 Å². The Kier molecular flexibility index (Phi) is 6.25. The van der Waals surface area contributed by atoms with Gasteiger partial charge in [-0.1, -0.05) is 13.0 Å². The Bertz CT molecular complexity index is 633. The zero-order valence-electron chi connectivity index (χ0n) is 15.6. The second kappa shape index (κ2) is 8.20. The second-order valence-corrected chi connectivity index (χ2v) is 6.81. The molecule has 0 unspecified atom stereocenters. The minimum Gasteiger partial charge on any atom is -0.486 e. The van der Waals surface area contributed by atoms with Gasteiger partial charge in [0.2, 0.25) is 0 Å². The predicted molar refractivity (Wildman–Crippen MR) is 98.2 cm³/mol. The molecule has 25 heavy (non-hydrogen) atoms. The Morgan fingerprint density at radius 3 is 2.76 bits per heavy atom. The number of amides is 3. The number of carbonyl (C=O) groups is 2. The zero-order valence-corrected chi connectivity index (χ0v) is 15.6. The number of hydrogen-bond acceptors (Lipinski definition) is 4. The summed E-state index contributed by atoms with van der Waals surface area (Å²) in [6.45, 7) is 7.08. The lowest BCUT2D eigenvalue weighted by Crippen LogP contribution is -2.44. The summed E-state index contributed by atoms with van der Waals surface area (Å²) in [5.74, 6) is 0.454. The summed E-state index contributed by atoms with van der Waals surface area (Å²) in [4.78, 5) is 26.5. The fraction of sp³-hybridized carbons (Fsp3) is 0.556. The molecule has 0 radical (unpaired) electrons. The third kappa shape index (κ3) is 4.63. The number of para-hydroxylation sites is 1. The molecular weight excluding hydrogens is 320 g/mol. The lowest BCUT2D eigenvalue weighted by atomic mass is 10.0. The molecule has 3 amide bonds. The molecule has 1 aliphatic heterocycles. The third-order valence-electron chi connectivity index (χ3n) is 4.13. The van der Waals surface area contributed by atoms with Crippen LogP contribution in [-0.4, -0.2) is 56.2 Å². The van der Waals surface area contributed by atoms with Gasteiger partial charge in [0.25, 0.3) is 5.91 Å². The van der Waals surface area contributed by atoms with Crippen LogP contribution >= 0.6 is 0 Å². The first kappa shape index (κ1) is 19.1. The van der Waals surface area contributed by atoms with E-state index in [-0.39, 0.29) is 30.0 Å². The summed E-state index contributed by atoms with van der Waals surface area (Å²) in [6, 6.07) is 4.90. The van der Waals surface area contributed by atoms with E-state index in [1.54, 1.807) is 30.1 Å². The number of benzene rings is 1. The van der Waals surface area contributed by atoms with Crippen LogP contribution in [0.1, 0.15) is 31.1 Å². The maximum absolute atomic E-state index is 12.7. The van der Waals surface area contributed by atoms with Gasteiger partial charge in [-0.05, 0) is 33.0 Å². The molecular formula is C18H28N4O3. The number of carbonyl (C=O) groups excluding carboxylic acids is 2. The molecule has 7 nitrogen and oxygen atoms in total. The number of urea groups is 1. The standard InChI is InChI=1S/C18H28N4O3/c1-11(2)20-18(24)21-14-8-6-7-13-16(14)25-15(9-19-4)12(3)10-22(5)17(13)23/h6-8,11-12,15,19H,9-10H2,1-5H3,(H2,20,21,24)/t12-,15-/m0/s1. The lowest BCUT2D eigenvalue weighted by molar-refractivity contribution is 0.0639. The van der Waals surface area contributed by atoms with E-state index in [9.17, 15) is 9.59 Å². The van der Waals surface area contributed by atoms with Crippen molar-refractivity contribution >= 4 is 17.6 Å². The number of fused-ring (bicyclic) bond motifs is 1. The van der Waals surface area contributed by atoms with Crippen molar-refractivity contribution in [2.45, 2.75) is 32.9 Å². The van der Waals surface area contributed by atoms with Gasteiger partial charge in [-0.2, -0.15) is 0 Å². The monoisotopic (exact) mass is 348 g/mol. The molecule has 0 aliphatic carbocycles. The first-order valence-electron chi connectivity index (χ1n) is 8.60. The smallest absolute Gasteiger partial charge is 0.319 e. The number of likely N-dealkylation sites (N-methyl/N-ethyl adjacent to an activating group) is 1. The highest BCUT2D eigenvalue weighted by atomic mass is 16.5. The van der Waals surface area contributed by atoms with Crippen LogP contribution in [0.2, 0.25) is 0 Å². The molecule has 138 valence electrons. The lowest BCUT2D eigenvalue weighted by Gasteiger charge is -2.33. The Hall–Kier alpha value is -2.28. The summed E-state index contributed by atoms with van der Waals surface area (Å²) >= 11 is 0.